The third-order valence-corrected chi connectivity index (χ3v) is 5.58. The van der Waals surface area contributed by atoms with Gasteiger partial charge in [-0.3, -0.25) is 9.69 Å². The Morgan fingerprint density at radius 1 is 1.38 bits per heavy atom. The summed E-state index contributed by atoms with van der Waals surface area (Å²) in [6.07, 6.45) is 2.21. The second-order valence-corrected chi connectivity index (χ2v) is 7.46. The summed E-state index contributed by atoms with van der Waals surface area (Å²) >= 11 is 6.33. The van der Waals surface area contributed by atoms with Crippen LogP contribution in [0.25, 0.3) is 6.08 Å². The topological polar surface area (TPSA) is 78.9 Å². The van der Waals surface area contributed by atoms with Crippen LogP contribution in [0.3, 0.4) is 0 Å². The fourth-order valence-electron chi connectivity index (χ4n) is 2.70. The molecule has 0 bridgehead atoms. The first-order valence-corrected chi connectivity index (χ1v) is 9.27. The highest BCUT2D eigenvalue weighted by molar-refractivity contribution is 8.26. The molecule has 0 saturated carbocycles. The van der Waals surface area contributed by atoms with Crippen molar-refractivity contribution in [3.8, 4) is 11.5 Å². The Labute approximate surface area is 162 Å². The van der Waals surface area contributed by atoms with Gasteiger partial charge in [0.25, 0.3) is 5.91 Å². The number of nitrogens with zero attached hydrogens (tertiary/aromatic N) is 1. The Hall–Kier alpha value is -2.06. The molecule has 1 amide bonds. The normalized spacial score (nSPS) is 18.2. The van der Waals surface area contributed by atoms with Crippen LogP contribution in [0.2, 0.25) is 0 Å². The zero-order chi connectivity index (χ0) is 19.4. The number of thioether (sulfide) groups is 1. The summed E-state index contributed by atoms with van der Waals surface area (Å²) in [4.78, 5) is 25.9. The van der Waals surface area contributed by atoms with E-state index in [9.17, 15) is 14.7 Å². The van der Waals surface area contributed by atoms with Crippen molar-refractivity contribution in [3.63, 3.8) is 0 Å². The zero-order valence-corrected chi connectivity index (χ0v) is 16.6. The van der Waals surface area contributed by atoms with Gasteiger partial charge in [-0.05, 0) is 18.1 Å². The van der Waals surface area contributed by atoms with E-state index in [2.05, 4.69) is 0 Å². The first-order chi connectivity index (χ1) is 12.3. The first-order valence-electron chi connectivity index (χ1n) is 8.04. The van der Waals surface area contributed by atoms with E-state index in [0.717, 1.165) is 16.7 Å². The molecule has 0 aliphatic carbocycles. The van der Waals surface area contributed by atoms with Crippen molar-refractivity contribution in [1.82, 2.24) is 4.90 Å². The van der Waals surface area contributed by atoms with E-state index in [1.807, 2.05) is 6.92 Å². The minimum Gasteiger partial charge on any atom is -0.548 e. The van der Waals surface area contributed by atoms with E-state index < -0.39 is 17.9 Å². The zero-order valence-electron chi connectivity index (χ0n) is 15.0. The Kier molecular flexibility index (Phi) is 6.66. The minimum atomic E-state index is -1.31. The van der Waals surface area contributed by atoms with Crippen LogP contribution in [0.5, 0.6) is 11.5 Å². The lowest BCUT2D eigenvalue weighted by molar-refractivity contribution is -0.311. The molecule has 8 heteroatoms. The highest BCUT2D eigenvalue weighted by Gasteiger charge is 2.39. The van der Waals surface area contributed by atoms with Crippen molar-refractivity contribution in [2.75, 3.05) is 14.2 Å². The summed E-state index contributed by atoms with van der Waals surface area (Å²) < 4.78 is 10.8. The predicted molar refractivity (Wildman–Crippen MR) is 103 cm³/mol. The molecule has 1 aromatic rings. The minimum absolute atomic E-state index is 0.206. The Balaban J connectivity index is 2.43. The Bertz CT molecular complexity index is 762. The van der Waals surface area contributed by atoms with Gasteiger partial charge in [-0.15, -0.1) is 0 Å². The lowest BCUT2D eigenvalue weighted by Crippen LogP contribution is -2.53. The first kappa shape index (κ1) is 20.3. The summed E-state index contributed by atoms with van der Waals surface area (Å²) in [6.45, 7) is 3.61. The van der Waals surface area contributed by atoms with E-state index in [1.165, 1.54) is 14.2 Å². The quantitative estimate of drug-likeness (QED) is 0.517. The maximum atomic E-state index is 12.8. The Morgan fingerprint density at radius 3 is 2.62 bits per heavy atom. The predicted octanol–water partition coefficient (Wildman–Crippen LogP) is 2.07. The van der Waals surface area contributed by atoms with Crippen molar-refractivity contribution >= 4 is 46.3 Å². The highest BCUT2D eigenvalue weighted by Crippen LogP contribution is 2.38. The van der Waals surface area contributed by atoms with Crippen LogP contribution in [-0.2, 0) is 9.59 Å². The van der Waals surface area contributed by atoms with Crippen LogP contribution in [-0.4, -0.2) is 41.4 Å². The van der Waals surface area contributed by atoms with Crippen LogP contribution in [0.4, 0.5) is 0 Å². The number of carboxylic acid groups (broad SMARTS) is 1. The number of para-hydroxylation sites is 1. The number of methoxy groups -OCH3 is 2. The van der Waals surface area contributed by atoms with E-state index in [0.29, 0.717) is 28.4 Å². The van der Waals surface area contributed by atoms with Gasteiger partial charge in [0.15, 0.2) is 11.5 Å². The molecule has 0 unspecified atom stereocenters. The number of carbonyl (C=O) groups is 2. The second kappa shape index (κ2) is 8.55. The van der Waals surface area contributed by atoms with Crippen LogP contribution in [0, 0.1) is 5.92 Å². The van der Waals surface area contributed by atoms with Gasteiger partial charge >= 0.3 is 0 Å². The maximum absolute atomic E-state index is 12.8. The molecule has 0 aromatic heterocycles. The number of rotatable bonds is 7. The molecule has 2 atom stereocenters. The smallest absolute Gasteiger partial charge is 0.266 e. The van der Waals surface area contributed by atoms with Gasteiger partial charge in [-0.2, -0.15) is 0 Å². The van der Waals surface area contributed by atoms with Crippen molar-refractivity contribution in [1.29, 1.82) is 0 Å². The molecule has 1 fully saturated rings. The number of hydrogen-bond acceptors (Lipinski definition) is 7. The van der Waals surface area contributed by atoms with Crippen LogP contribution in [0.1, 0.15) is 25.8 Å². The molecule has 1 aliphatic rings. The highest BCUT2D eigenvalue weighted by atomic mass is 32.2. The molecule has 26 heavy (non-hydrogen) atoms. The lowest BCUT2D eigenvalue weighted by Gasteiger charge is -2.32. The summed E-state index contributed by atoms with van der Waals surface area (Å²) in [5.41, 5.74) is 0.640. The average molecular weight is 394 g/mol. The van der Waals surface area contributed by atoms with E-state index in [-0.39, 0.29) is 10.2 Å². The molecule has 1 heterocycles. The van der Waals surface area contributed by atoms with Gasteiger partial charge in [0.2, 0.25) is 0 Å². The number of ether oxygens (including phenoxy) is 2. The third kappa shape index (κ3) is 3.86. The van der Waals surface area contributed by atoms with Crippen LogP contribution in [0.15, 0.2) is 23.1 Å². The molecule has 140 valence electrons. The van der Waals surface area contributed by atoms with Gasteiger partial charge < -0.3 is 19.4 Å². The van der Waals surface area contributed by atoms with E-state index >= 15 is 0 Å². The standard InChI is InChI=1S/C18H21NO5S2/c1-5-10(2)14(17(21)22)19-16(20)13(26-18(19)25)9-11-7-6-8-12(23-3)15(11)24-4/h6-10,14H,5H2,1-4H3,(H,21,22)/p-1/b13-9-/t10-,14-/m1/s1. The second-order valence-electron chi connectivity index (χ2n) is 5.78. The molecular formula is C18H20NO5S2-. The summed E-state index contributed by atoms with van der Waals surface area (Å²) in [7, 11) is 3.03. The maximum Gasteiger partial charge on any atom is 0.266 e. The number of hydrogen-bond donors (Lipinski definition) is 0. The van der Waals surface area contributed by atoms with Gasteiger partial charge in [0, 0.05) is 5.56 Å². The van der Waals surface area contributed by atoms with Crippen molar-refractivity contribution in [2.45, 2.75) is 26.3 Å². The van der Waals surface area contributed by atoms with Crippen molar-refractivity contribution < 1.29 is 24.2 Å². The summed E-state index contributed by atoms with van der Waals surface area (Å²) in [5, 5.41) is 11.6. The molecule has 1 saturated heterocycles. The number of aliphatic carboxylic acids is 1. The summed E-state index contributed by atoms with van der Waals surface area (Å²) in [5.74, 6) is -1.02. The number of benzene rings is 1. The number of thiocarbonyl (C=S) groups is 1. The van der Waals surface area contributed by atoms with Crippen LogP contribution >= 0.6 is 24.0 Å². The molecule has 1 aliphatic heterocycles. The fraction of sp³-hybridized carbons (Fsp3) is 0.389. The van der Waals surface area contributed by atoms with Crippen LogP contribution < -0.4 is 14.6 Å². The van der Waals surface area contributed by atoms with E-state index in [4.69, 9.17) is 21.7 Å². The van der Waals surface area contributed by atoms with Crippen molar-refractivity contribution in [3.05, 3.63) is 28.7 Å². The molecule has 0 spiro atoms. The van der Waals surface area contributed by atoms with Gasteiger partial charge in [-0.25, -0.2) is 0 Å². The Morgan fingerprint density at radius 2 is 2.08 bits per heavy atom. The monoisotopic (exact) mass is 394 g/mol. The molecule has 0 radical (unpaired) electrons. The average Bonchev–Trinajstić information content (AvgIpc) is 2.88. The summed E-state index contributed by atoms with van der Waals surface area (Å²) in [6, 6.07) is 4.21. The number of amides is 1. The molecule has 2 rings (SSSR count). The third-order valence-electron chi connectivity index (χ3n) is 4.25. The van der Waals surface area contributed by atoms with Gasteiger partial charge in [0.1, 0.15) is 4.32 Å². The van der Waals surface area contributed by atoms with Gasteiger partial charge in [-0.1, -0.05) is 56.4 Å². The van der Waals surface area contributed by atoms with Crippen molar-refractivity contribution in [2.24, 2.45) is 5.92 Å². The molecular weight excluding hydrogens is 374 g/mol. The number of carboxylic acids is 1. The SMILES string of the molecule is CC[C@@H](C)[C@H](C(=O)[O-])N1C(=O)/C(=C/c2cccc(OC)c2OC)SC1=S. The molecule has 6 nitrogen and oxygen atoms in total. The van der Waals surface area contributed by atoms with E-state index in [1.54, 1.807) is 31.2 Å². The largest absolute Gasteiger partial charge is 0.548 e. The van der Waals surface area contributed by atoms with Gasteiger partial charge in [0.05, 0.1) is 31.1 Å². The number of carbonyl (C=O) groups excluding carboxylic acids is 2. The lowest BCUT2D eigenvalue weighted by atomic mass is 9.98. The molecule has 0 N–H and O–H groups in total. The fourth-order valence-corrected chi connectivity index (χ4v) is 4.02. The molecule has 1 aromatic carbocycles.